The summed E-state index contributed by atoms with van der Waals surface area (Å²) < 4.78 is 3.51. The summed E-state index contributed by atoms with van der Waals surface area (Å²) in [6, 6.07) is 0. The van der Waals surface area contributed by atoms with E-state index in [1.54, 1.807) is 0 Å². The Morgan fingerprint density at radius 3 is 2.62 bits per heavy atom. The average molecular weight is 300 g/mol. The van der Waals surface area contributed by atoms with Gasteiger partial charge in [0.15, 0.2) is 17.0 Å². The molecule has 1 atom stereocenters. The molecule has 0 radical (unpaired) electrons. The fraction of sp³-hybridized carbons (Fsp3) is 0.400. The second-order valence-electron chi connectivity index (χ2n) is 4.32. The van der Waals surface area contributed by atoms with Crippen LogP contribution in [0.15, 0.2) is 21.1 Å². The van der Waals surface area contributed by atoms with Crippen molar-refractivity contribution in [1.82, 2.24) is 18.7 Å². The third-order valence-electron chi connectivity index (χ3n) is 3.04. The van der Waals surface area contributed by atoms with E-state index in [9.17, 15) is 14.7 Å². The van der Waals surface area contributed by atoms with Crippen LogP contribution in [-0.4, -0.2) is 46.4 Å². The van der Waals surface area contributed by atoms with Gasteiger partial charge in [0.2, 0.25) is 0 Å². The highest BCUT2D eigenvalue weighted by Gasteiger charge is 2.17. The molecule has 0 aliphatic rings. The predicted octanol–water partition coefficient (Wildman–Crippen LogP) is -3.28. The van der Waals surface area contributed by atoms with Crippen molar-refractivity contribution in [3.8, 4) is 0 Å². The molecule has 11 heteroatoms. The summed E-state index contributed by atoms with van der Waals surface area (Å²) in [6.45, 7) is -0.125. The van der Waals surface area contributed by atoms with Gasteiger partial charge in [-0.15, -0.1) is 0 Å². The van der Waals surface area contributed by atoms with Crippen LogP contribution >= 0.6 is 0 Å². The van der Waals surface area contributed by atoms with Crippen molar-refractivity contribution in [1.29, 1.82) is 0 Å². The molecule has 0 spiro atoms. The van der Waals surface area contributed by atoms with Gasteiger partial charge in [-0.05, 0) is 0 Å². The molecule has 2 aromatic heterocycles. The maximum atomic E-state index is 12.1. The van der Waals surface area contributed by atoms with E-state index >= 15 is 0 Å². The second kappa shape index (κ2) is 5.76. The minimum atomic E-state index is -1.28. The topological polar surface area (TPSA) is 172 Å². The molecule has 0 saturated carbocycles. The predicted molar refractivity (Wildman–Crippen MR) is 73.2 cm³/mol. The Hall–Kier alpha value is -2.66. The highest BCUT2D eigenvalue weighted by atomic mass is 16.4. The van der Waals surface area contributed by atoms with E-state index in [0.29, 0.717) is 0 Å². The van der Waals surface area contributed by atoms with Crippen molar-refractivity contribution in [2.24, 2.45) is 25.0 Å². The number of oxime groups is 1. The fourth-order valence-electron chi connectivity index (χ4n) is 1.88. The monoisotopic (exact) mass is 300 g/mol. The van der Waals surface area contributed by atoms with Gasteiger partial charge in [0, 0.05) is 14.1 Å². The Morgan fingerprint density at radius 2 is 2.05 bits per heavy atom. The first-order valence-electron chi connectivity index (χ1n) is 5.64. The zero-order valence-electron chi connectivity index (χ0n) is 11.4. The molecule has 1 unspecified atom stereocenters. The molecule has 21 heavy (non-hydrogen) atoms. The summed E-state index contributed by atoms with van der Waals surface area (Å²) in [5.41, 5.74) is 4.60. The minimum Gasteiger partial charge on any atom is -0.412 e. The third kappa shape index (κ3) is 2.51. The van der Waals surface area contributed by atoms with Crippen LogP contribution in [0.3, 0.4) is 0 Å². The maximum Gasteiger partial charge on any atom is 0.332 e. The van der Waals surface area contributed by atoms with Crippen LogP contribution in [0.1, 0.15) is 0 Å². The Bertz CT molecular complexity index is 801. The number of aliphatic hydroxyl groups excluding tert-OH is 1. The van der Waals surface area contributed by atoms with Crippen LogP contribution in [0, 0.1) is 0 Å². The lowest BCUT2D eigenvalue weighted by Gasteiger charge is -2.10. The number of nitrogens with two attached hydrogens (primary N) is 1. The van der Waals surface area contributed by atoms with Gasteiger partial charge in [0.05, 0.1) is 12.9 Å². The Balaban J connectivity index is 0.00000220. The Kier molecular flexibility index (Phi) is 4.50. The number of fused-ring (bicyclic) bond motifs is 1. The SMILES string of the molecule is Cn1c(=O)c2c(ncn2CC(O)C(N)=NO)n(C)c1=O.O. The highest BCUT2D eigenvalue weighted by Crippen LogP contribution is 2.06. The largest absolute Gasteiger partial charge is 0.412 e. The van der Waals surface area contributed by atoms with E-state index in [4.69, 9.17) is 10.9 Å². The summed E-state index contributed by atoms with van der Waals surface area (Å²) in [6.07, 6.45) is 0.0266. The quantitative estimate of drug-likeness (QED) is 0.232. The number of nitrogens with zero attached hydrogens (tertiary/aromatic N) is 5. The summed E-state index contributed by atoms with van der Waals surface area (Å²) in [7, 11) is 2.84. The van der Waals surface area contributed by atoms with Gasteiger partial charge in [0.25, 0.3) is 5.56 Å². The summed E-state index contributed by atoms with van der Waals surface area (Å²) in [4.78, 5) is 27.8. The van der Waals surface area contributed by atoms with Gasteiger partial charge in [-0.25, -0.2) is 9.78 Å². The van der Waals surface area contributed by atoms with Crippen molar-refractivity contribution in [3.05, 3.63) is 27.2 Å². The molecule has 116 valence electrons. The molecule has 0 aliphatic carbocycles. The standard InChI is InChI=1S/C10H14N6O4.H2O/c1-14-8-6(9(18)15(2)10(14)19)16(4-12-8)3-5(17)7(11)13-20;/h4-5,17,20H,3H2,1-2H3,(H2,11,13);1H2. The lowest BCUT2D eigenvalue weighted by Crippen LogP contribution is -2.38. The first-order chi connectivity index (χ1) is 9.38. The number of hydrogen-bond acceptors (Lipinski definition) is 6. The minimum absolute atomic E-state index is 0. The van der Waals surface area contributed by atoms with Gasteiger partial charge in [-0.1, -0.05) is 5.16 Å². The van der Waals surface area contributed by atoms with E-state index in [-0.39, 0.29) is 29.0 Å². The molecule has 0 aliphatic heterocycles. The molecule has 0 fully saturated rings. The number of aliphatic hydroxyl groups is 1. The summed E-state index contributed by atoms with van der Waals surface area (Å²) in [5, 5.41) is 20.9. The number of aromatic nitrogens is 4. The molecular weight excluding hydrogens is 284 g/mol. The lowest BCUT2D eigenvalue weighted by atomic mass is 10.3. The number of aryl methyl sites for hydroxylation is 1. The summed E-state index contributed by atoms with van der Waals surface area (Å²) >= 11 is 0. The molecule has 6 N–H and O–H groups in total. The first-order valence-corrected chi connectivity index (χ1v) is 5.64. The number of imidazole rings is 1. The van der Waals surface area contributed by atoms with Gasteiger partial charge in [-0.2, -0.15) is 0 Å². The maximum absolute atomic E-state index is 12.1. The first kappa shape index (κ1) is 16.4. The molecular formula is C10H16N6O5. The molecule has 0 saturated heterocycles. The van der Waals surface area contributed by atoms with Crippen LogP contribution in [0.2, 0.25) is 0 Å². The molecule has 0 aromatic carbocycles. The Morgan fingerprint density at radius 1 is 1.43 bits per heavy atom. The van der Waals surface area contributed by atoms with Crippen molar-refractivity contribution in [3.63, 3.8) is 0 Å². The summed E-state index contributed by atoms with van der Waals surface area (Å²) in [5.74, 6) is -0.381. The second-order valence-corrected chi connectivity index (χ2v) is 4.32. The molecule has 0 amide bonds. The van der Waals surface area contributed by atoms with Crippen LogP contribution in [-0.2, 0) is 20.6 Å². The van der Waals surface area contributed by atoms with Gasteiger partial charge in [0.1, 0.15) is 6.10 Å². The van der Waals surface area contributed by atoms with E-state index in [0.717, 1.165) is 4.57 Å². The van der Waals surface area contributed by atoms with E-state index < -0.39 is 17.4 Å². The zero-order valence-corrected chi connectivity index (χ0v) is 11.4. The van der Waals surface area contributed by atoms with Crippen molar-refractivity contribution in [2.45, 2.75) is 12.6 Å². The Labute approximate surface area is 117 Å². The van der Waals surface area contributed by atoms with Crippen molar-refractivity contribution >= 4 is 17.0 Å². The van der Waals surface area contributed by atoms with Gasteiger partial charge >= 0.3 is 5.69 Å². The zero-order chi connectivity index (χ0) is 15.0. The van der Waals surface area contributed by atoms with Crippen molar-refractivity contribution in [2.75, 3.05) is 0 Å². The van der Waals surface area contributed by atoms with Gasteiger partial charge < -0.3 is 26.1 Å². The lowest BCUT2D eigenvalue weighted by molar-refractivity contribution is 0.210. The van der Waals surface area contributed by atoms with E-state index in [2.05, 4.69) is 10.1 Å². The molecule has 0 bridgehead atoms. The smallest absolute Gasteiger partial charge is 0.332 e. The van der Waals surface area contributed by atoms with E-state index in [1.807, 2.05) is 0 Å². The van der Waals surface area contributed by atoms with E-state index in [1.165, 1.54) is 29.6 Å². The van der Waals surface area contributed by atoms with Gasteiger partial charge in [-0.3, -0.25) is 13.9 Å². The molecule has 2 rings (SSSR count). The van der Waals surface area contributed by atoms with Crippen molar-refractivity contribution < 1.29 is 15.8 Å². The highest BCUT2D eigenvalue weighted by molar-refractivity contribution is 5.84. The average Bonchev–Trinajstić information content (AvgIpc) is 2.85. The molecule has 2 aromatic rings. The number of rotatable bonds is 3. The van der Waals surface area contributed by atoms with Crippen LogP contribution in [0.4, 0.5) is 0 Å². The van der Waals surface area contributed by atoms with Crippen LogP contribution in [0.25, 0.3) is 11.2 Å². The third-order valence-corrected chi connectivity index (χ3v) is 3.04. The normalized spacial score (nSPS) is 13.2. The van der Waals surface area contributed by atoms with Crippen LogP contribution in [0.5, 0.6) is 0 Å². The molecule has 11 nitrogen and oxygen atoms in total. The fourth-order valence-corrected chi connectivity index (χ4v) is 1.88. The number of hydrogen-bond donors (Lipinski definition) is 3. The number of amidine groups is 1. The molecule has 2 heterocycles. The van der Waals surface area contributed by atoms with Crippen LogP contribution < -0.4 is 17.0 Å².